The maximum Gasteiger partial charge on any atom is 0.0830 e. The third-order valence-corrected chi connectivity index (χ3v) is 7.53. The molecule has 3 fully saturated rings. The first-order chi connectivity index (χ1) is 8.90. The van der Waals surface area contributed by atoms with Crippen LogP contribution >= 0.6 is 0 Å². The Balaban J connectivity index is 1.75. The van der Waals surface area contributed by atoms with Gasteiger partial charge in [-0.2, -0.15) is 0 Å². The van der Waals surface area contributed by atoms with E-state index in [1.54, 1.807) is 7.11 Å². The second kappa shape index (κ2) is 4.46. The van der Waals surface area contributed by atoms with Gasteiger partial charge in [-0.3, -0.25) is 0 Å². The molecule has 3 aliphatic carbocycles. The summed E-state index contributed by atoms with van der Waals surface area (Å²) in [5, 5.41) is 10.3. The van der Waals surface area contributed by atoms with E-state index < -0.39 is 0 Å². The van der Waals surface area contributed by atoms with E-state index in [4.69, 9.17) is 4.74 Å². The average molecular weight is 266 g/mol. The van der Waals surface area contributed by atoms with Gasteiger partial charge in [0.25, 0.3) is 0 Å². The molecule has 3 rings (SSSR count). The fourth-order valence-electron chi connectivity index (χ4n) is 5.77. The molecule has 110 valence electrons. The Labute approximate surface area is 117 Å². The first kappa shape index (κ1) is 13.9. The summed E-state index contributed by atoms with van der Waals surface area (Å²) in [5.74, 6) is 2.46. The lowest BCUT2D eigenvalue weighted by Gasteiger charge is -2.45. The van der Waals surface area contributed by atoms with E-state index in [1.165, 1.54) is 25.7 Å². The van der Waals surface area contributed by atoms with Gasteiger partial charge in [-0.05, 0) is 67.1 Å². The van der Waals surface area contributed by atoms with Crippen LogP contribution in [0, 0.1) is 28.6 Å². The number of hydrogen-bond acceptors (Lipinski definition) is 2. The molecule has 0 radical (unpaired) electrons. The molecular formula is C17H30O2. The van der Waals surface area contributed by atoms with Crippen LogP contribution in [0.4, 0.5) is 0 Å². The number of aliphatic hydroxyl groups excluding tert-OH is 1. The Morgan fingerprint density at radius 2 is 1.79 bits per heavy atom. The van der Waals surface area contributed by atoms with E-state index in [-0.39, 0.29) is 12.2 Å². The highest BCUT2D eigenvalue weighted by molar-refractivity contribution is 5.11. The molecule has 19 heavy (non-hydrogen) atoms. The summed E-state index contributed by atoms with van der Waals surface area (Å²) >= 11 is 0. The van der Waals surface area contributed by atoms with Crippen molar-refractivity contribution < 1.29 is 9.84 Å². The minimum absolute atomic E-state index is 0.0793. The predicted molar refractivity (Wildman–Crippen MR) is 76.9 cm³/mol. The smallest absolute Gasteiger partial charge is 0.0830 e. The molecular weight excluding hydrogens is 236 g/mol. The van der Waals surface area contributed by atoms with Crippen LogP contribution in [0.1, 0.15) is 59.3 Å². The molecule has 6 atom stereocenters. The fourth-order valence-corrected chi connectivity index (χ4v) is 5.77. The molecule has 3 saturated carbocycles. The SMILES string of the molecule is COC1CCC([C@H]2C[C@@H]3CC[C@@]2(C)C3(C)C)CC1O. The molecule has 0 aromatic carbocycles. The normalized spacial score (nSPS) is 52.6. The highest BCUT2D eigenvalue weighted by Gasteiger charge is 2.62. The predicted octanol–water partition coefficient (Wildman–Crippen LogP) is 3.62. The van der Waals surface area contributed by atoms with Gasteiger partial charge in [0.05, 0.1) is 12.2 Å². The largest absolute Gasteiger partial charge is 0.390 e. The van der Waals surface area contributed by atoms with Gasteiger partial charge < -0.3 is 9.84 Å². The Morgan fingerprint density at radius 1 is 1.05 bits per heavy atom. The molecule has 0 aliphatic heterocycles. The third-order valence-electron chi connectivity index (χ3n) is 7.53. The van der Waals surface area contributed by atoms with Crippen LogP contribution in [0.15, 0.2) is 0 Å². The zero-order chi connectivity index (χ0) is 13.8. The van der Waals surface area contributed by atoms with Gasteiger partial charge in [0.2, 0.25) is 0 Å². The number of fused-ring (bicyclic) bond motifs is 2. The van der Waals surface area contributed by atoms with Gasteiger partial charge in [0.15, 0.2) is 0 Å². The molecule has 0 spiro atoms. The van der Waals surface area contributed by atoms with Crippen molar-refractivity contribution in [2.45, 2.75) is 71.5 Å². The second-order valence-electron chi connectivity index (χ2n) is 8.13. The number of methoxy groups -OCH3 is 1. The van der Waals surface area contributed by atoms with Crippen LogP contribution in [0.25, 0.3) is 0 Å². The van der Waals surface area contributed by atoms with E-state index in [0.717, 1.165) is 30.6 Å². The average Bonchev–Trinajstić information content (AvgIpc) is 2.71. The van der Waals surface area contributed by atoms with Crippen molar-refractivity contribution in [1.82, 2.24) is 0 Å². The Hall–Kier alpha value is -0.0800. The van der Waals surface area contributed by atoms with E-state index in [0.29, 0.717) is 10.8 Å². The molecule has 2 nitrogen and oxygen atoms in total. The first-order valence-corrected chi connectivity index (χ1v) is 8.11. The Bertz CT molecular complexity index is 351. The van der Waals surface area contributed by atoms with E-state index >= 15 is 0 Å². The van der Waals surface area contributed by atoms with Crippen molar-refractivity contribution in [3.63, 3.8) is 0 Å². The number of ether oxygens (including phenoxy) is 1. The van der Waals surface area contributed by atoms with Crippen molar-refractivity contribution in [3.05, 3.63) is 0 Å². The van der Waals surface area contributed by atoms with E-state index in [2.05, 4.69) is 20.8 Å². The molecule has 0 heterocycles. The van der Waals surface area contributed by atoms with Crippen molar-refractivity contribution in [2.75, 3.05) is 7.11 Å². The van der Waals surface area contributed by atoms with Gasteiger partial charge in [-0.1, -0.05) is 20.8 Å². The maximum absolute atomic E-state index is 10.3. The second-order valence-corrected chi connectivity index (χ2v) is 8.13. The Morgan fingerprint density at radius 3 is 2.26 bits per heavy atom. The van der Waals surface area contributed by atoms with Gasteiger partial charge >= 0.3 is 0 Å². The summed E-state index contributed by atoms with van der Waals surface area (Å²) in [6.07, 6.45) is 7.31. The van der Waals surface area contributed by atoms with Crippen molar-refractivity contribution in [1.29, 1.82) is 0 Å². The van der Waals surface area contributed by atoms with E-state index in [9.17, 15) is 5.11 Å². The summed E-state index contributed by atoms with van der Waals surface area (Å²) < 4.78 is 5.39. The minimum Gasteiger partial charge on any atom is -0.390 e. The minimum atomic E-state index is -0.241. The molecule has 2 heteroatoms. The molecule has 0 aromatic heterocycles. The lowest BCUT2D eigenvalue weighted by molar-refractivity contribution is -0.0699. The van der Waals surface area contributed by atoms with E-state index in [1.807, 2.05) is 0 Å². The molecule has 0 saturated heterocycles. The number of hydrogen-bond donors (Lipinski definition) is 1. The van der Waals surface area contributed by atoms with Crippen LogP contribution in [0.3, 0.4) is 0 Å². The quantitative estimate of drug-likeness (QED) is 0.827. The van der Waals surface area contributed by atoms with Crippen LogP contribution in [-0.2, 0) is 4.74 Å². The van der Waals surface area contributed by atoms with Crippen LogP contribution in [-0.4, -0.2) is 24.4 Å². The summed E-state index contributed by atoms with van der Waals surface area (Å²) in [7, 11) is 1.73. The Kier molecular flexibility index (Phi) is 3.26. The molecule has 3 unspecified atom stereocenters. The third kappa shape index (κ3) is 1.82. The van der Waals surface area contributed by atoms with Gasteiger partial charge in [0, 0.05) is 7.11 Å². The van der Waals surface area contributed by atoms with Crippen molar-refractivity contribution in [2.24, 2.45) is 28.6 Å². The highest BCUT2D eigenvalue weighted by atomic mass is 16.5. The summed E-state index contributed by atoms with van der Waals surface area (Å²) in [6, 6.07) is 0. The first-order valence-electron chi connectivity index (χ1n) is 8.11. The summed E-state index contributed by atoms with van der Waals surface area (Å²) in [5.41, 5.74) is 1.00. The standard InChI is InChI=1S/C17H30O2/c1-16(2)12-7-8-17(16,3)13(10-12)11-5-6-15(19-4)14(18)9-11/h11-15,18H,5-10H2,1-4H3/t11?,12-,13+,14?,15?,17+/m0/s1. The molecule has 0 aromatic rings. The molecule has 2 bridgehead atoms. The van der Waals surface area contributed by atoms with Crippen molar-refractivity contribution in [3.8, 4) is 0 Å². The maximum atomic E-state index is 10.3. The zero-order valence-electron chi connectivity index (χ0n) is 13.0. The zero-order valence-corrected chi connectivity index (χ0v) is 13.0. The van der Waals surface area contributed by atoms with Gasteiger partial charge in [-0.25, -0.2) is 0 Å². The monoisotopic (exact) mass is 266 g/mol. The highest BCUT2D eigenvalue weighted by Crippen LogP contribution is 2.70. The topological polar surface area (TPSA) is 29.5 Å². The summed E-state index contributed by atoms with van der Waals surface area (Å²) in [6.45, 7) is 7.50. The number of aliphatic hydroxyl groups is 1. The van der Waals surface area contributed by atoms with Crippen molar-refractivity contribution >= 4 is 0 Å². The van der Waals surface area contributed by atoms with Crippen LogP contribution in [0.5, 0.6) is 0 Å². The molecule has 1 N–H and O–H groups in total. The summed E-state index contributed by atoms with van der Waals surface area (Å²) in [4.78, 5) is 0. The number of rotatable bonds is 2. The molecule has 0 amide bonds. The van der Waals surface area contributed by atoms with Gasteiger partial charge in [0.1, 0.15) is 0 Å². The fraction of sp³-hybridized carbons (Fsp3) is 1.00. The lowest BCUT2D eigenvalue weighted by Crippen LogP contribution is -2.42. The van der Waals surface area contributed by atoms with Crippen LogP contribution < -0.4 is 0 Å². The molecule has 3 aliphatic rings. The van der Waals surface area contributed by atoms with Gasteiger partial charge in [-0.15, -0.1) is 0 Å². The lowest BCUT2D eigenvalue weighted by atomic mass is 9.61. The van der Waals surface area contributed by atoms with Crippen LogP contribution in [0.2, 0.25) is 0 Å².